The third-order valence-corrected chi connectivity index (χ3v) is 13.9. The molecule has 0 aromatic heterocycles. The van der Waals surface area contributed by atoms with Crippen LogP contribution in [0.4, 0.5) is 0 Å². The molecule has 0 bridgehead atoms. The molecule has 0 fully saturated rings. The molecular weight excluding hydrogens is 837 g/mol. The molecule has 0 spiro atoms. The van der Waals surface area contributed by atoms with E-state index in [4.69, 9.17) is 9.47 Å². The van der Waals surface area contributed by atoms with E-state index in [1.54, 1.807) is 0 Å². The van der Waals surface area contributed by atoms with Crippen LogP contribution in [0.2, 0.25) is 0 Å². The Morgan fingerprint density at radius 2 is 0.588 bits per heavy atom. The number of hydrogen-bond donors (Lipinski definition) is 1. The van der Waals surface area contributed by atoms with Crippen LogP contribution in [-0.2, 0) is 19.1 Å². The number of rotatable bonds is 57. The van der Waals surface area contributed by atoms with Crippen molar-refractivity contribution in [3.05, 3.63) is 36.5 Å². The molecule has 0 saturated heterocycles. The summed E-state index contributed by atoms with van der Waals surface area (Å²) in [7, 11) is 0. The first-order valence-electron chi connectivity index (χ1n) is 30.5. The summed E-state index contributed by atoms with van der Waals surface area (Å²) < 4.78 is 10.7. The molecule has 68 heavy (non-hydrogen) atoms. The second-order valence-corrected chi connectivity index (χ2v) is 20.8. The van der Waals surface area contributed by atoms with Gasteiger partial charge in [0.1, 0.15) is 6.61 Å². The highest BCUT2D eigenvalue weighted by Crippen LogP contribution is 2.18. The van der Waals surface area contributed by atoms with Crippen LogP contribution in [-0.4, -0.2) is 36.4 Å². The van der Waals surface area contributed by atoms with Gasteiger partial charge in [-0.3, -0.25) is 9.59 Å². The molecule has 1 N–H and O–H groups in total. The molecule has 0 saturated carbocycles. The SMILES string of the molecule is CCCCCCC/C=C\C/C=C\C/C=C\CCCCCCCCCCCCCCCCCCCCCCCCC(=O)OC(CO)COC(=O)CCCCCCCCCCCCCCCCCCC. The fraction of sp³-hybridized carbons (Fsp3) is 0.873. The Bertz CT molecular complexity index is 1080. The van der Waals surface area contributed by atoms with Gasteiger partial charge in [-0.25, -0.2) is 0 Å². The second kappa shape index (κ2) is 59.4. The van der Waals surface area contributed by atoms with Gasteiger partial charge in [-0.05, 0) is 51.4 Å². The van der Waals surface area contributed by atoms with Crippen LogP contribution in [0.1, 0.15) is 335 Å². The van der Waals surface area contributed by atoms with E-state index in [1.807, 2.05) is 0 Å². The van der Waals surface area contributed by atoms with Crippen molar-refractivity contribution in [2.24, 2.45) is 0 Å². The van der Waals surface area contributed by atoms with E-state index < -0.39 is 6.10 Å². The molecule has 1 atom stereocenters. The predicted octanol–water partition coefficient (Wildman–Crippen LogP) is 20.6. The number of aliphatic hydroxyl groups is 1. The summed E-state index contributed by atoms with van der Waals surface area (Å²) in [6.07, 6.45) is 77.2. The van der Waals surface area contributed by atoms with E-state index in [0.29, 0.717) is 12.8 Å². The smallest absolute Gasteiger partial charge is 0.306 e. The van der Waals surface area contributed by atoms with E-state index >= 15 is 0 Å². The van der Waals surface area contributed by atoms with Crippen molar-refractivity contribution in [1.29, 1.82) is 0 Å². The van der Waals surface area contributed by atoms with E-state index in [0.717, 1.165) is 44.9 Å². The monoisotopic (exact) mass is 955 g/mol. The van der Waals surface area contributed by atoms with Gasteiger partial charge in [0, 0.05) is 12.8 Å². The standard InChI is InChI=1S/C63H118O5/c1-3-5-7-9-11-13-15-17-19-21-22-23-24-25-26-27-28-29-30-31-32-33-34-35-36-37-38-39-40-42-44-46-48-50-52-54-56-58-63(66)68-61(59-64)60-67-62(65)57-55-53-51-49-47-45-43-41-20-18-16-14-12-10-8-6-4-2/h15,17,21-22,24-25,61,64H,3-14,16,18-20,23,26-60H2,1-2H3/b17-15-,22-21-,25-24-. The summed E-state index contributed by atoms with van der Waals surface area (Å²) in [5.74, 6) is -0.569. The van der Waals surface area contributed by atoms with E-state index in [-0.39, 0.29) is 25.2 Å². The number of carbonyl (C=O) groups excluding carboxylic acids is 2. The van der Waals surface area contributed by atoms with Crippen LogP contribution < -0.4 is 0 Å². The maximum Gasteiger partial charge on any atom is 0.306 e. The van der Waals surface area contributed by atoms with Crippen LogP contribution in [0.5, 0.6) is 0 Å². The van der Waals surface area contributed by atoms with Crippen molar-refractivity contribution in [3.8, 4) is 0 Å². The second-order valence-electron chi connectivity index (χ2n) is 20.8. The first-order valence-corrected chi connectivity index (χ1v) is 30.5. The highest BCUT2D eigenvalue weighted by atomic mass is 16.6. The summed E-state index contributed by atoms with van der Waals surface area (Å²) in [6.45, 7) is 4.18. The van der Waals surface area contributed by atoms with Crippen molar-refractivity contribution >= 4 is 11.9 Å². The van der Waals surface area contributed by atoms with E-state index in [9.17, 15) is 14.7 Å². The number of esters is 2. The highest BCUT2D eigenvalue weighted by molar-refractivity contribution is 5.70. The maximum atomic E-state index is 12.3. The molecular formula is C63H118O5. The quantitative estimate of drug-likeness (QED) is 0.0374. The van der Waals surface area contributed by atoms with Crippen LogP contribution in [0, 0.1) is 0 Å². The van der Waals surface area contributed by atoms with Crippen molar-refractivity contribution in [2.45, 2.75) is 341 Å². The van der Waals surface area contributed by atoms with Crippen molar-refractivity contribution in [1.82, 2.24) is 0 Å². The van der Waals surface area contributed by atoms with Gasteiger partial charge in [-0.1, -0.05) is 307 Å². The lowest BCUT2D eigenvalue weighted by molar-refractivity contribution is -0.161. The first kappa shape index (κ1) is 66.1. The Hall–Kier alpha value is -1.88. The Labute approximate surface area is 425 Å². The Kier molecular flexibility index (Phi) is 57.8. The minimum Gasteiger partial charge on any atom is -0.462 e. The zero-order valence-corrected chi connectivity index (χ0v) is 45.9. The lowest BCUT2D eigenvalue weighted by Gasteiger charge is -2.15. The Balaban J connectivity index is 3.39. The summed E-state index contributed by atoms with van der Waals surface area (Å²) in [4.78, 5) is 24.5. The van der Waals surface area contributed by atoms with E-state index in [2.05, 4.69) is 50.3 Å². The molecule has 5 nitrogen and oxygen atoms in total. The first-order chi connectivity index (χ1) is 33.6. The summed E-state index contributed by atoms with van der Waals surface area (Å²) in [5.41, 5.74) is 0. The summed E-state index contributed by atoms with van der Waals surface area (Å²) in [6, 6.07) is 0. The number of aliphatic hydroxyl groups excluding tert-OH is 1. The molecule has 0 aliphatic heterocycles. The van der Waals surface area contributed by atoms with Gasteiger partial charge in [0.2, 0.25) is 0 Å². The average Bonchev–Trinajstić information content (AvgIpc) is 3.34. The topological polar surface area (TPSA) is 72.8 Å². The molecule has 0 aliphatic carbocycles. The number of allylic oxidation sites excluding steroid dienone is 6. The van der Waals surface area contributed by atoms with Gasteiger partial charge < -0.3 is 14.6 Å². The molecule has 0 amide bonds. The van der Waals surface area contributed by atoms with Crippen LogP contribution in [0.25, 0.3) is 0 Å². The zero-order chi connectivity index (χ0) is 49.2. The zero-order valence-electron chi connectivity index (χ0n) is 45.9. The fourth-order valence-corrected chi connectivity index (χ4v) is 9.33. The lowest BCUT2D eigenvalue weighted by atomic mass is 10.0. The molecule has 0 aliphatic rings. The molecule has 1 unspecified atom stereocenters. The van der Waals surface area contributed by atoms with Gasteiger partial charge in [-0.15, -0.1) is 0 Å². The van der Waals surface area contributed by atoms with Crippen molar-refractivity contribution in [2.75, 3.05) is 13.2 Å². The molecule has 0 aromatic rings. The highest BCUT2D eigenvalue weighted by Gasteiger charge is 2.16. The largest absolute Gasteiger partial charge is 0.462 e. The minimum absolute atomic E-state index is 0.0587. The maximum absolute atomic E-state index is 12.3. The van der Waals surface area contributed by atoms with Gasteiger partial charge in [-0.2, -0.15) is 0 Å². The van der Waals surface area contributed by atoms with Crippen LogP contribution in [0.15, 0.2) is 36.5 Å². The number of carbonyl (C=O) groups is 2. The summed E-state index contributed by atoms with van der Waals surface area (Å²) in [5, 5.41) is 9.65. The molecule has 0 radical (unpaired) electrons. The normalized spacial score (nSPS) is 12.3. The van der Waals surface area contributed by atoms with Gasteiger partial charge in [0.25, 0.3) is 0 Å². The molecule has 0 heterocycles. The molecule has 0 aromatic carbocycles. The van der Waals surface area contributed by atoms with E-state index in [1.165, 1.54) is 263 Å². The third kappa shape index (κ3) is 56.7. The van der Waals surface area contributed by atoms with Crippen LogP contribution >= 0.6 is 0 Å². The van der Waals surface area contributed by atoms with Gasteiger partial charge in [0.05, 0.1) is 6.61 Å². The average molecular weight is 956 g/mol. The summed E-state index contributed by atoms with van der Waals surface area (Å²) >= 11 is 0. The van der Waals surface area contributed by atoms with Gasteiger partial charge in [0.15, 0.2) is 6.10 Å². The lowest BCUT2D eigenvalue weighted by Crippen LogP contribution is -2.28. The van der Waals surface area contributed by atoms with Gasteiger partial charge >= 0.3 is 11.9 Å². The Morgan fingerprint density at radius 1 is 0.338 bits per heavy atom. The van der Waals surface area contributed by atoms with Crippen molar-refractivity contribution in [3.63, 3.8) is 0 Å². The van der Waals surface area contributed by atoms with Crippen molar-refractivity contribution < 1.29 is 24.2 Å². The molecule has 400 valence electrons. The minimum atomic E-state index is -0.767. The molecule has 5 heteroatoms. The molecule has 0 rings (SSSR count). The Morgan fingerprint density at radius 3 is 0.882 bits per heavy atom. The number of ether oxygens (including phenoxy) is 2. The van der Waals surface area contributed by atoms with Crippen LogP contribution in [0.3, 0.4) is 0 Å². The fourth-order valence-electron chi connectivity index (χ4n) is 9.33. The number of unbranched alkanes of at least 4 members (excludes halogenated alkanes) is 43. The predicted molar refractivity (Wildman–Crippen MR) is 298 cm³/mol. The third-order valence-electron chi connectivity index (χ3n) is 13.9. The number of hydrogen-bond acceptors (Lipinski definition) is 5.